The van der Waals surface area contributed by atoms with E-state index in [1.54, 1.807) is 0 Å². The van der Waals surface area contributed by atoms with Crippen LogP contribution in [0.3, 0.4) is 0 Å². The minimum Gasteiger partial charge on any atom is -0.257 e. The maximum absolute atomic E-state index is 4.43. The van der Waals surface area contributed by atoms with Gasteiger partial charge in [0.1, 0.15) is 0 Å². The summed E-state index contributed by atoms with van der Waals surface area (Å²) in [7, 11) is 0. The summed E-state index contributed by atoms with van der Waals surface area (Å²) < 4.78 is 0. The van der Waals surface area contributed by atoms with E-state index in [1.165, 1.54) is 16.7 Å². The first-order valence-electron chi connectivity index (χ1n) is 5.58. The number of pyridine rings is 1. The Morgan fingerprint density at radius 1 is 1.00 bits per heavy atom. The highest BCUT2D eigenvalue weighted by Crippen LogP contribution is 2.40. The first-order valence-corrected chi connectivity index (χ1v) is 5.58. The number of hydrogen-bond donors (Lipinski definition) is 0. The van der Waals surface area contributed by atoms with Gasteiger partial charge in [-0.1, -0.05) is 37.3 Å². The summed E-state index contributed by atoms with van der Waals surface area (Å²) in [6.07, 6.45) is 4.11. The third kappa shape index (κ3) is 1.36. The molecule has 1 aliphatic carbocycles. The minimum atomic E-state index is 0.450. The first-order chi connectivity index (χ1) is 7.86. The largest absolute Gasteiger partial charge is 0.257 e. The number of hydrogen-bond acceptors (Lipinski definition) is 1. The van der Waals surface area contributed by atoms with Crippen molar-refractivity contribution in [3.8, 4) is 0 Å². The third-order valence-electron chi connectivity index (χ3n) is 3.20. The molecule has 1 aromatic carbocycles. The van der Waals surface area contributed by atoms with Gasteiger partial charge >= 0.3 is 0 Å². The second-order valence-electron chi connectivity index (χ2n) is 4.17. The lowest BCUT2D eigenvalue weighted by atomic mass is 9.96. The van der Waals surface area contributed by atoms with E-state index in [9.17, 15) is 0 Å². The summed E-state index contributed by atoms with van der Waals surface area (Å²) >= 11 is 0. The predicted molar refractivity (Wildman–Crippen MR) is 67.0 cm³/mol. The van der Waals surface area contributed by atoms with Gasteiger partial charge in [-0.3, -0.25) is 4.98 Å². The normalized spacial score (nSPS) is 18.1. The molecule has 0 aliphatic heterocycles. The lowest BCUT2D eigenvalue weighted by Gasteiger charge is -2.10. The Morgan fingerprint density at radius 2 is 1.81 bits per heavy atom. The van der Waals surface area contributed by atoms with Crippen LogP contribution >= 0.6 is 0 Å². The zero-order valence-corrected chi connectivity index (χ0v) is 9.22. The number of allylic oxidation sites excluding steroid dienone is 1. The molecule has 1 heteroatoms. The van der Waals surface area contributed by atoms with Gasteiger partial charge in [0.15, 0.2) is 0 Å². The van der Waals surface area contributed by atoms with Gasteiger partial charge in [0.25, 0.3) is 0 Å². The van der Waals surface area contributed by atoms with E-state index in [-0.39, 0.29) is 0 Å². The number of rotatable bonds is 1. The van der Waals surface area contributed by atoms with Crippen LogP contribution in [0.4, 0.5) is 0 Å². The summed E-state index contributed by atoms with van der Waals surface area (Å²) in [6, 6.07) is 14.6. The molecule has 0 bridgehead atoms. The van der Waals surface area contributed by atoms with Gasteiger partial charge in [-0.05, 0) is 34.9 Å². The first kappa shape index (κ1) is 9.34. The SMILES string of the molecule is CC1C(c2ccccn2)=Cc2ccccc21. The van der Waals surface area contributed by atoms with Crippen LogP contribution in [-0.2, 0) is 0 Å². The van der Waals surface area contributed by atoms with Gasteiger partial charge in [-0.15, -0.1) is 0 Å². The highest BCUT2D eigenvalue weighted by atomic mass is 14.7. The van der Waals surface area contributed by atoms with Gasteiger partial charge in [0, 0.05) is 12.1 Å². The van der Waals surface area contributed by atoms with Crippen LogP contribution < -0.4 is 0 Å². The molecule has 1 nitrogen and oxygen atoms in total. The monoisotopic (exact) mass is 207 g/mol. The molecule has 0 amide bonds. The Hall–Kier alpha value is -1.89. The fraction of sp³-hybridized carbons (Fsp3) is 0.133. The lowest BCUT2D eigenvalue weighted by molar-refractivity contribution is 0.996. The molecule has 0 N–H and O–H groups in total. The topological polar surface area (TPSA) is 12.9 Å². The number of fused-ring (bicyclic) bond motifs is 1. The Balaban J connectivity index is 2.09. The van der Waals surface area contributed by atoms with E-state index < -0.39 is 0 Å². The Kier molecular flexibility index (Phi) is 2.10. The summed E-state index contributed by atoms with van der Waals surface area (Å²) in [5, 5.41) is 0. The average molecular weight is 207 g/mol. The van der Waals surface area contributed by atoms with E-state index in [4.69, 9.17) is 0 Å². The summed E-state index contributed by atoms with van der Waals surface area (Å²) in [6.45, 7) is 2.24. The maximum Gasteiger partial charge on any atom is 0.0667 e. The lowest BCUT2D eigenvalue weighted by Crippen LogP contribution is -1.94. The molecule has 0 saturated carbocycles. The molecule has 0 fully saturated rings. The van der Waals surface area contributed by atoms with Crippen LogP contribution in [0, 0.1) is 0 Å². The molecule has 3 rings (SSSR count). The van der Waals surface area contributed by atoms with Crippen LogP contribution in [-0.4, -0.2) is 4.98 Å². The van der Waals surface area contributed by atoms with Crippen molar-refractivity contribution in [1.29, 1.82) is 0 Å². The van der Waals surface area contributed by atoms with Crippen LogP contribution in [0.25, 0.3) is 11.6 Å². The standard InChI is InChI=1S/C15H13N/c1-11-13-7-3-2-6-12(13)10-14(11)15-8-4-5-9-16-15/h2-11H,1H3. The molecule has 0 saturated heterocycles. The predicted octanol–water partition coefficient (Wildman–Crippen LogP) is 3.74. The fourth-order valence-corrected chi connectivity index (χ4v) is 2.33. The molecule has 1 atom stereocenters. The highest BCUT2D eigenvalue weighted by Gasteiger charge is 2.22. The molecule has 0 radical (unpaired) electrons. The second kappa shape index (κ2) is 3.60. The van der Waals surface area contributed by atoms with Gasteiger partial charge < -0.3 is 0 Å². The molecule has 16 heavy (non-hydrogen) atoms. The van der Waals surface area contributed by atoms with E-state index >= 15 is 0 Å². The van der Waals surface area contributed by atoms with E-state index in [2.05, 4.69) is 48.3 Å². The Labute approximate surface area is 95.5 Å². The smallest absolute Gasteiger partial charge is 0.0667 e. The molecule has 1 aromatic heterocycles. The van der Waals surface area contributed by atoms with Crippen molar-refractivity contribution in [3.63, 3.8) is 0 Å². The van der Waals surface area contributed by atoms with Crippen LogP contribution in [0.1, 0.15) is 29.7 Å². The van der Waals surface area contributed by atoms with Gasteiger partial charge in [0.05, 0.1) is 5.69 Å². The third-order valence-corrected chi connectivity index (χ3v) is 3.20. The average Bonchev–Trinajstić information content (AvgIpc) is 2.69. The zero-order chi connectivity index (χ0) is 11.0. The van der Waals surface area contributed by atoms with Gasteiger partial charge in [-0.2, -0.15) is 0 Å². The Morgan fingerprint density at radius 3 is 2.56 bits per heavy atom. The van der Waals surface area contributed by atoms with Crippen molar-refractivity contribution in [2.75, 3.05) is 0 Å². The van der Waals surface area contributed by atoms with Crippen LogP contribution in [0.2, 0.25) is 0 Å². The van der Waals surface area contributed by atoms with Crippen molar-refractivity contribution in [3.05, 3.63) is 65.5 Å². The number of benzene rings is 1. The molecular weight excluding hydrogens is 194 g/mol. The van der Waals surface area contributed by atoms with Crippen molar-refractivity contribution in [2.45, 2.75) is 12.8 Å². The van der Waals surface area contributed by atoms with Crippen molar-refractivity contribution < 1.29 is 0 Å². The minimum absolute atomic E-state index is 0.450. The van der Waals surface area contributed by atoms with Crippen LogP contribution in [0.5, 0.6) is 0 Å². The summed E-state index contributed by atoms with van der Waals surface area (Å²) in [5.74, 6) is 0.450. The molecule has 78 valence electrons. The summed E-state index contributed by atoms with van der Waals surface area (Å²) in [4.78, 5) is 4.43. The second-order valence-corrected chi connectivity index (χ2v) is 4.17. The fourth-order valence-electron chi connectivity index (χ4n) is 2.33. The zero-order valence-electron chi connectivity index (χ0n) is 9.22. The molecule has 1 aliphatic rings. The van der Waals surface area contributed by atoms with E-state index in [0.717, 1.165) is 5.69 Å². The van der Waals surface area contributed by atoms with Crippen LogP contribution in [0.15, 0.2) is 48.7 Å². The molecular formula is C15H13N. The van der Waals surface area contributed by atoms with Gasteiger partial charge in [0.2, 0.25) is 0 Å². The van der Waals surface area contributed by atoms with Crippen molar-refractivity contribution >= 4 is 11.6 Å². The maximum atomic E-state index is 4.43. The van der Waals surface area contributed by atoms with E-state index in [0.29, 0.717) is 5.92 Å². The molecule has 1 heterocycles. The van der Waals surface area contributed by atoms with Crippen molar-refractivity contribution in [2.24, 2.45) is 0 Å². The Bertz CT molecular complexity index is 540. The number of nitrogens with zero attached hydrogens (tertiary/aromatic N) is 1. The van der Waals surface area contributed by atoms with E-state index in [1.807, 2.05) is 18.3 Å². The molecule has 2 aromatic rings. The summed E-state index contributed by atoms with van der Waals surface area (Å²) in [5.41, 5.74) is 5.15. The molecule has 1 unspecified atom stereocenters. The number of aromatic nitrogens is 1. The van der Waals surface area contributed by atoms with Gasteiger partial charge in [-0.25, -0.2) is 0 Å². The highest BCUT2D eigenvalue weighted by molar-refractivity contribution is 5.90. The quantitative estimate of drug-likeness (QED) is 0.694. The van der Waals surface area contributed by atoms with Crippen molar-refractivity contribution in [1.82, 2.24) is 4.98 Å². The molecule has 0 spiro atoms.